The van der Waals surface area contributed by atoms with E-state index >= 15 is 0 Å². The Kier molecular flexibility index (Phi) is 4.67. The molecule has 6 rings (SSSR count). The molecule has 1 unspecified atom stereocenters. The van der Waals surface area contributed by atoms with Crippen LogP contribution in [0.3, 0.4) is 0 Å². The highest BCUT2D eigenvalue weighted by Crippen LogP contribution is 2.38. The third-order valence-electron chi connectivity index (χ3n) is 6.18. The summed E-state index contributed by atoms with van der Waals surface area (Å²) < 4.78 is 16.5. The lowest BCUT2D eigenvalue weighted by Gasteiger charge is -2.21. The summed E-state index contributed by atoms with van der Waals surface area (Å²) >= 11 is 6.50. The van der Waals surface area contributed by atoms with Gasteiger partial charge in [0.15, 0.2) is 6.17 Å². The highest BCUT2D eigenvalue weighted by atomic mass is 35.5. The van der Waals surface area contributed by atoms with E-state index in [1.807, 2.05) is 30.3 Å². The van der Waals surface area contributed by atoms with Crippen LogP contribution in [0, 0.1) is 5.82 Å². The van der Waals surface area contributed by atoms with E-state index in [0.29, 0.717) is 32.9 Å². The number of hydrogen-bond acceptors (Lipinski definition) is 2. The molecule has 2 aromatic heterocycles. The maximum absolute atomic E-state index is 14.9. The standard InChI is InChI=1S/C26H18ClFN4O2/c27-18-10-9-15-13-29-26(34)24(31-25(33)21-11-14-5-1-4-8-20(14)30-21)32-22(12-17(18)23(15)32)16-6-2-3-7-19(16)28/h1-12,24,30H,13H2,(H,29,34)(H,31,33). The second-order valence-corrected chi connectivity index (χ2v) is 8.62. The molecule has 34 heavy (non-hydrogen) atoms. The number of rotatable bonds is 3. The molecule has 1 aliphatic rings. The summed E-state index contributed by atoms with van der Waals surface area (Å²) in [5.41, 5.74) is 3.37. The first-order valence-electron chi connectivity index (χ1n) is 10.7. The number of aromatic nitrogens is 2. The molecule has 3 N–H and O–H groups in total. The molecule has 0 saturated carbocycles. The summed E-state index contributed by atoms with van der Waals surface area (Å²) in [4.78, 5) is 29.6. The lowest BCUT2D eigenvalue weighted by atomic mass is 10.1. The Morgan fingerprint density at radius 1 is 1.06 bits per heavy atom. The predicted octanol–water partition coefficient (Wildman–Crippen LogP) is 5.14. The fourth-order valence-corrected chi connectivity index (χ4v) is 4.80. The van der Waals surface area contributed by atoms with Gasteiger partial charge in [-0.1, -0.05) is 48.0 Å². The zero-order valence-electron chi connectivity index (χ0n) is 17.7. The smallest absolute Gasteiger partial charge is 0.269 e. The van der Waals surface area contributed by atoms with Gasteiger partial charge in [-0.15, -0.1) is 0 Å². The van der Waals surface area contributed by atoms with Crippen molar-refractivity contribution >= 4 is 45.2 Å². The minimum absolute atomic E-state index is 0.256. The Morgan fingerprint density at radius 3 is 2.68 bits per heavy atom. The van der Waals surface area contributed by atoms with E-state index in [1.165, 1.54) is 6.07 Å². The fraction of sp³-hybridized carbons (Fsp3) is 0.0769. The van der Waals surface area contributed by atoms with Crippen molar-refractivity contribution in [1.29, 1.82) is 0 Å². The fourth-order valence-electron chi connectivity index (χ4n) is 4.59. The molecule has 3 heterocycles. The van der Waals surface area contributed by atoms with Crippen LogP contribution in [0.2, 0.25) is 5.02 Å². The van der Waals surface area contributed by atoms with Crippen LogP contribution in [-0.4, -0.2) is 21.4 Å². The topological polar surface area (TPSA) is 78.9 Å². The molecule has 1 atom stereocenters. The minimum Gasteiger partial charge on any atom is -0.351 e. The molecule has 2 amide bonds. The lowest BCUT2D eigenvalue weighted by Crippen LogP contribution is -2.42. The molecule has 0 saturated heterocycles. The first kappa shape index (κ1) is 20.5. The number of carbonyl (C=O) groups excluding carboxylic acids is 2. The molecule has 3 aromatic carbocycles. The maximum atomic E-state index is 14.9. The van der Waals surface area contributed by atoms with Gasteiger partial charge in [-0.3, -0.25) is 9.59 Å². The van der Waals surface area contributed by atoms with Gasteiger partial charge in [-0.05, 0) is 42.0 Å². The summed E-state index contributed by atoms with van der Waals surface area (Å²) in [5, 5.41) is 7.74. The van der Waals surface area contributed by atoms with Crippen LogP contribution in [0.15, 0.2) is 72.8 Å². The van der Waals surface area contributed by atoms with Gasteiger partial charge in [0, 0.05) is 33.4 Å². The van der Waals surface area contributed by atoms with Crippen LogP contribution < -0.4 is 10.6 Å². The molecule has 0 fully saturated rings. The molecule has 8 heteroatoms. The van der Waals surface area contributed by atoms with Gasteiger partial charge >= 0.3 is 0 Å². The summed E-state index contributed by atoms with van der Waals surface area (Å²) in [7, 11) is 0. The zero-order chi connectivity index (χ0) is 23.4. The Labute approximate surface area is 198 Å². The van der Waals surface area contributed by atoms with Crippen molar-refractivity contribution in [3.63, 3.8) is 0 Å². The number of nitrogens with one attached hydrogen (secondary N) is 3. The van der Waals surface area contributed by atoms with Gasteiger partial charge in [0.05, 0.1) is 11.2 Å². The monoisotopic (exact) mass is 472 g/mol. The molecule has 1 aliphatic heterocycles. The number of aromatic amines is 1. The van der Waals surface area contributed by atoms with Crippen molar-refractivity contribution in [2.24, 2.45) is 0 Å². The van der Waals surface area contributed by atoms with Crippen molar-refractivity contribution in [2.45, 2.75) is 12.7 Å². The van der Waals surface area contributed by atoms with Gasteiger partial charge in [0.2, 0.25) is 0 Å². The Morgan fingerprint density at radius 2 is 1.85 bits per heavy atom. The number of benzene rings is 3. The van der Waals surface area contributed by atoms with E-state index in [-0.39, 0.29) is 6.54 Å². The molecule has 168 valence electrons. The van der Waals surface area contributed by atoms with Crippen LogP contribution in [0.25, 0.3) is 33.1 Å². The molecule has 5 aromatic rings. The Hall–Kier alpha value is -4.10. The second-order valence-electron chi connectivity index (χ2n) is 8.21. The van der Waals surface area contributed by atoms with Gasteiger partial charge in [0.1, 0.15) is 11.5 Å². The third-order valence-corrected chi connectivity index (χ3v) is 6.51. The van der Waals surface area contributed by atoms with Crippen molar-refractivity contribution in [2.75, 3.05) is 0 Å². The molecule has 6 nitrogen and oxygen atoms in total. The van der Waals surface area contributed by atoms with Gasteiger partial charge in [-0.2, -0.15) is 0 Å². The normalized spacial score (nSPS) is 15.4. The molecule has 0 aliphatic carbocycles. The molecule has 0 radical (unpaired) electrons. The van der Waals surface area contributed by atoms with Crippen molar-refractivity contribution < 1.29 is 14.0 Å². The van der Waals surface area contributed by atoms with Gasteiger partial charge in [0.25, 0.3) is 11.8 Å². The first-order valence-corrected chi connectivity index (χ1v) is 11.1. The summed E-state index contributed by atoms with van der Waals surface area (Å²) in [6, 6.07) is 20.9. The van der Waals surface area contributed by atoms with Crippen molar-refractivity contribution in [3.8, 4) is 11.3 Å². The molecular weight excluding hydrogens is 455 g/mol. The van der Waals surface area contributed by atoms with Gasteiger partial charge in [-0.25, -0.2) is 4.39 Å². The number of para-hydroxylation sites is 1. The number of fused-ring (bicyclic) bond motifs is 1. The molecular formula is C26H18ClFN4O2. The lowest BCUT2D eigenvalue weighted by molar-refractivity contribution is -0.124. The van der Waals surface area contributed by atoms with Crippen LogP contribution in [0.4, 0.5) is 4.39 Å². The number of hydrogen-bond donors (Lipinski definition) is 3. The second kappa shape index (κ2) is 7.74. The van der Waals surface area contributed by atoms with E-state index in [4.69, 9.17) is 11.6 Å². The zero-order valence-corrected chi connectivity index (χ0v) is 18.5. The Bertz CT molecular complexity index is 1590. The summed E-state index contributed by atoms with van der Waals surface area (Å²) in [5.74, 6) is -1.31. The van der Waals surface area contributed by atoms with Crippen LogP contribution >= 0.6 is 11.6 Å². The maximum Gasteiger partial charge on any atom is 0.269 e. The van der Waals surface area contributed by atoms with E-state index in [2.05, 4.69) is 15.6 Å². The highest BCUT2D eigenvalue weighted by molar-refractivity contribution is 6.35. The third kappa shape index (κ3) is 3.16. The SMILES string of the molecule is O=C(NC1C(=O)NCc2ccc(Cl)c3cc(-c4ccccc4F)n1c23)c1cc2ccccc2[nH]1. The van der Waals surface area contributed by atoms with Crippen LogP contribution in [0.5, 0.6) is 0 Å². The predicted molar refractivity (Wildman–Crippen MR) is 129 cm³/mol. The number of carbonyl (C=O) groups is 2. The number of H-pyrrole nitrogens is 1. The van der Waals surface area contributed by atoms with Crippen LogP contribution in [0.1, 0.15) is 22.2 Å². The van der Waals surface area contributed by atoms with Crippen molar-refractivity contribution in [3.05, 3.63) is 94.9 Å². The highest BCUT2D eigenvalue weighted by Gasteiger charge is 2.32. The van der Waals surface area contributed by atoms with E-state index in [0.717, 1.165) is 16.5 Å². The number of halogens is 2. The largest absolute Gasteiger partial charge is 0.351 e. The van der Waals surface area contributed by atoms with E-state index < -0.39 is 23.8 Å². The first-order chi connectivity index (χ1) is 16.5. The minimum atomic E-state index is -1.12. The van der Waals surface area contributed by atoms with E-state index in [9.17, 15) is 14.0 Å². The number of nitrogens with zero attached hydrogens (tertiary/aromatic N) is 1. The summed E-state index contributed by atoms with van der Waals surface area (Å²) in [6.07, 6.45) is -1.12. The average Bonchev–Trinajstić information content (AvgIpc) is 3.42. The number of amides is 2. The Balaban J connectivity index is 1.53. The quantitative estimate of drug-likeness (QED) is 0.340. The molecule has 0 bridgehead atoms. The van der Waals surface area contributed by atoms with Crippen LogP contribution in [-0.2, 0) is 11.3 Å². The summed E-state index contributed by atoms with van der Waals surface area (Å²) in [6.45, 7) is 0.256. The van der Waals surface area contributed by atoms with Crippen molar-refractivity contribution in [1.82, 2.24) is 20.2 Å². The average molecular weight is 473 g/mol. The molecule has 0 spiro atoms. The van der Waals surface area contributed by atoms with E-state index in [1.54, 1.807) is 41.0 Å². The van der Waals surface area contributed by atoms with Gasteiger partial charge < -0.3 is 20.2 Å².